The number of ether oxygens (including phenoxy) is 1. The van der Waals surface area contributed by atoms with E-state index in [1.165, 1.54) is 12.8 Å². The van der Waals surface area contributed by atoms with Crippen LogP contribution in [0.4, 0.5) is 0 Å². The predicted octanol–water partition coefficient (Wildman–Crippen LogP) is 4.50. The van der Waals surface area contributed by atoms with Crippen LogP contribution in [-0.2, 0) is 9.53 Å². The van der Waals surface area contributed by atoms with E-state index in [9.17, 15) is 20.1 Å². The molecule has 5 heteroatoms. The van der Waals surface area contributed by atoms with Gasteiger partial charge in [-0.15, -0.1) is 0 Å². The maximum absolute atomic E-state index is 13.0. The SMILES string of the molecule is C[C@@H]1C[C@H](C(=O)C(C)(C)O)OC2C1[C@@]1(C)CC[C@@]34C[C@@]35CC[C@H](O)C(C)(C)[C@@H]5CC[C@H]4[C@]1(C)[C@H]2O. The highest BCUT2D eigenvalue weighted by Crippen LogP contribution is 2.89. The van der Waals surface area contributed by atoms with Gasteiger partial charge in [0.25, 0.3) is 0 Å². The average molecular weight is 489 g/mol. The molecule has 2 unspecified atom stereocenters. The highest BCUT2D eigenvalue weighted by atomic mass is 16.5. The van der Waals surface area contributed by atoms with Gasteiger partial charge in [-0.05, 0) is 111 Å². The number of carbonyl (C=O) groups excluding carboxylic acids is 1. The molecule has 5 saturated carbocycles. The third-order valence-corrected chi connectivity index (χ3v) is 13.7. The second-order valence-corrected chi connectivity index (χ2v) is 15.4. The standard InChI is InChI=1S/C30H48O5/c1-16-14-17(23(32)26(4,5)34)35-22-21(16)27(6)12-13-30-15-29(30)11-10-20(31)25(2,3)18(29)8-9-19(30)28(27,7)24(22)33/h16-22,24,31,33-34H,8-15H2,1-7H3/t16-,17-,18+,19+,20+,21?,22?,24+,27-,28-,29-,30+/m1/s1. The van der Waals surface area contributed by atoms with Crippen molar-refractivity contribution in [3.63, 3.8) is 0 Å². The quantitative estimate of drug-likeness (QED) is 0.533. The Balaban J connectivity index is 1.37. The summed E-state index contributed by atoms with van der Waals surface area (Å²) in [5.41, 5.74) is -1.16. The fourth-order valence-corrected chi connectivity index (χ4v) is 11.8. The maximum Gasteiger partial charge on any atom is 0.192 e. The Morgan fingerprint density at radius 3 is 2.23 bits per heavy atom. The molecule has 2 spiro atoms. The van der Waals surface area contributed by atoms with Crippen molar-refractivity contribution in [3.8, 4) is 0 Å². The second kappa shape index (κ2) is 6.93. The zero-order valence-corrected chi connectivity index (χ0v) is 22.9. The molecule has 5 aliphatic carbocycles. The molecule has 0 aromatic heterocycles. The minimum atomic E-state index is -1.43. The van der Waals surface area contributed by atoms with Crippen LogP contribution in [0.1, 0.15) is 99.8 Å². The highest BCUT2D eigenvalue weighted by Gasteiger charge is 2.84. The number of aliphatic hydroxyl groups excluding tert-OH is 2. The Kier molecular flexibility index (Phi) is 4.91. The summed E-state index contributed by atoms with van der Waals surface area (Å²) in [5, 5.41) is 33.4. The van der Waals surface area contributed by atoms with Crippen LogP contribution >= 0.6 is 0 Å². The van der Waals surface area contributed by atoms with Gasteiger partial charge in [0, 0.05) is 5.41 Å². The first-order chi connectivity index (χ1) is 16.1. The van der Waals surface area contributed by atoms with E-state index in [1.54, 1.807) is 13.8 Å². The van der Waals surface area contributed by atoms with Crippen LogP contribution in [0.3, 0.4) is 0 Å². The van der Waals surface area contributed by atoms with Gasteiger partial charge in [-0.25, -0.2) is 0 Å². The first-order valence-corrected chi connectivity index (χ1v) is 14.4. The van der Waals surface area contributed by atoms with Crippen LogP contribution in [-0.4, -0.2) is 51.1 Å². The molecule has 6 aliphatic rings. The maximum atomic E-state index is 13.0. The molecule has 0 amide bonds. The molecular weight excluding hydrogens is 440 g/mol. The van der Waals surface area contributed by atoms with Crippen LogP contribution < -0.4 is 0 Å². The Morgan fingerprint density at radius 1 is 0.943 bits per heavy atom. The summed E-state index contributed by atoms with van der Waals surface area (Å²) < 4.78 is 6.49. The van der Waals surface area contributed by atoms with Crippen LogP contribution in [0.5, 0.6) is 0 Å². The molecule has 198 valence electrons. The zero-order chi connectivity index (χ0) is 25.6. The number of ketones is 1. The van der Waals surface area contributed by atoms with E-state index in [2.05, 4.69) is 34.6 Å². The molecular formula is C30H48O5. The molecule has 0 aromatic carbocycles. The van der Waals surface area contributed by atoms with Crippen LogP contribution in [0.2, 0.25) is 0 Å². The predicted molar refractivity (Wildman–Crippen MR) is 133 cm³/mol. The van der Waals surface area contributed by atoms with Gasteiger partial charge in [-0.2, -0.15) is 0 Å². The first-order valence-electron chi connectivity index (χ1n) is 14.4. The van der Waals surface area contributed by atoms with Crippen molar-refractivity contribution in [3.05, 3.63) is 0 Å². The third kappa shape index (κ3) is 2.68. The lowest BCUT2D eigenvalue weighted by molar-refractivity contribution is -0.183. The molecule has 0 bridgehead atoms. The van der Waals surface area contributed by atoms with Gasteiger partial charge in [-0.1, -0.05) is 34.6 Å². The van der Waals surface area contributed by atoms with Crippen molar-refractivity contribution in [2.45, 2.75) is 130 Å². The number of hydrogen-bond acceptors (Lipinski definition) is 5. The van der Waals surface area contributed by atoms with Gasteiger partial charge in [0.2, 0.25) is 0 Å². The molecule has 1 heterocycles. The van der Waals surface area contributed by atoms with Crippen molar-refractivity contribution in [2.75, 3.05) is 0 Å². The van der Waals surface area contributed by atoms with Gasteiger partial charge in [0.05, 0.1) is 18.3 Å². The number of hydrogen-bond donors (Lipinski definition) is 3. The summed E-state index contributed by atoms with van der Waals surface area (Å²) >= 11 is 0. The lowest BCUT2D eigenvalue weighted by Crippen LogP contribution is -2.59. The topological polar surface area (TPSA) is 87.0 Å². The largest absolute Gasteiger partial charge is 0.393 e. The van der Waals surface area contributed by atoms with Crippen LogP contribution in [0, 0.1) is 50.7 Å². The number of aliphatic hydroxyl groups is 3. The van der Waals surface area contributed by atoms with Gasteiger partial charge in [0.15, 0.2) is 5.78 Å². The average Bonchev–Trinajstić information content (AvgIpc) is 3.40. The second-order valence-electron chi connectivity index (χ2n) is 15.4. The summed E-state index contributed by atoms with van der Waals surface area (Å²) in [4.78, 5) is 13.0. The lowest BCUT2D eigenvalue weighted by atomic mass is 9.41. The van der Waals surface area contributed by atoms with E-state index in [0.717, 1.165) is 32.1 Å². The smallest absolute Gasteiger partial charge is 0.192 e. The Labute approximate surface area is 211 Å². The molecule has 5 nitrogen and oxygen atoms in total. The summed E-state index contributed by atoms with van der Waals surface area (Å²) in [5.74, 6) is 1.24. The Hall–Kier alpha value is -0.490. The van der Waals surface area contributed by atoms with E-state index in [4.69, 9.17) is 4.74 Å². The molecule has 0 aromatic rings. The number of rotatable bonds is 2. The molecule has 6 rings (SSSR count). The lowest BCUT2D eigenvalue weighted by Gasteiger charge is -2.63. The highest BCUT2D eigenvalue weighted by molar-refractivity contribution is 5.90. The van der Waals surface area contributed by atoms with E-state index < -0.39 is 17.8 Å². The molecule has 1 saturated heterocycles. The minimum Gasteiger partial charge on any atom is -0.393 e. The number of carbonyl (C=O) groups is 1. The van der Waals surface area contributed by atoms with Gasteiger partial charge >= 0.3 is 0 Å². The Morgan fingerprint density at radius 2 is 1.57 bits per heavy atom. The molecule has 6 fully saturated rings. The van der Waals surface area contributed by atoms with Gasteiger partial charge in [0.1, 0.15) is 11.7 Å². The van der Waals surface area contributed by atoms with Crippen molar-refractivity contribution in [1.29, 1.82) is 0 Å². The molecule has 12 atom stereocenters. The normalized spacial score (nSPS) is 58.3. The first kappa shape index (κ1) is 24.8. The van der Waals surface area contributed by atoms with Crippen molar-refractivity contribution >= 4 is 5.78 Å². The summed E-state index contributed by atoms with van der Waals surface area (Å²) in [6, 6.07) is 0. The monoisotopic (exact) mass is 488 g/mol. The van der Waals surface area contributed by atoms with Crippen molar-refractivity contribution < 1.29 is 24.9 Å². The Bertz CT molecular complexity index is 938. The van der Waals surface area contributed by atoms with Crippen molar-refractivity contribution in [2.24, 2.45) is 50.7 Å². The number of Topliss-reactive ketones (excluding diaryl/α,β-unsaturated/α-hetero) is 1. The van der Waals surface area contributed by atoms with Crippen LogP contribution in [0.25, 0.3) is 0 Å². The molecule has 3 N–H and O–H groups in total. The minimum absolute atomic E-state index is 0.0323. The van der Waals surface area contributed by atoms with Crippen LogP contribution in [0.15, 0.2) is 0 Å². The van der Waals surface area contributed by atoms with E-state index in [-0.39, 0.29) is 51.5 Å². The van der Waals surface area contributed by atoms with Gasteiger partial charge in [-0.3, -0.25) is 4.79 Å². The fourth-order valence-electron chi connectivity index (χ4n) is 11.8. The molecule has 1 aliphatic heterocycles. The zero-order valence-electron chi connectivity index (χ0n) is 22.9. The fraction of sp³-hybridized carbons (Fsp3) is 0.967. The van der Waals surface area contributed by atoms with E-state index in [1.807, 2.05) is 0 Å². The molecule has 35 heavy (non-hydrogen) atoms. The van der Waals surface area contributed by atoms with Crippen molar-refractivity contribution in [1.82, 2.24) is 0 Å². The van der Waals surface area contributed by atoms with E-state index >= 15 is 0 Å². The summed E-state index contributed by atoms with van der Waals surface area (Å²) in [7, 11) is 0. The summed E-state index contributed by atoms with van der Waals surface area (Å²) in [6.45, 7) is 14.7. The van der Waals surface area contributed by atoms with Gasteiger partial charge < -0.3 is 20.1 Å². The third-order valence-electron chi connectivity index (χ3n) is 13.7. The summed E-state index contributed by atoms with van der Waals surface area (Å²) in [6.07, 6.45) is 6.69. The van der Waals surface area contributed by atoms with E-state index in [0.29, 0.717) is 23.7 Å². The number of fused-ring (bicyclic) bond motifs is 4. The molecule has 0 radical (unpaired) electrons.